The maximum atomic E-state index is 4.72. The summed E-state index contributed by atoms with van der Waals surface area (Å²) in [5.41, 5.74) is 2.20. The van der Waals surface area contributed by atoms with E-state index < -0.39 is 0 Å². The molecular formula is C20H26N6S. The summed E-state index contributed by atoms with van der Waals surface area (Å²) in [5, 5.41) is 13.1. The van der Waals surface area contributed by atoms with Crippen LogP contribution in [0.5, 0.6) is 0 Å². The second-order valence-electron chi connectivity index (χ2n) is 6.92. The highest BCUT2D eigenvalue weighted by Gasteiger charge is 2.21. The number of hydrogen-bond donors (Lipinski definition) is 2. The van der Waals surface area contributed by atoms with Gasteiger partial charge >= 0.3 is 0 Å². The van der Waals surface area contributed by atoms with Gasteiger partial charge in [0.05, 0.1) is 12.2 Å². The van der Waals surface area contributed by atoms with Crippen molar-refractivity contribution in [3.8, 4) is 5.69 Å². The van der Waals surface area contributed by atoms with Crippen LogP contribution in [0.1, 0.15) is 31.2 Å². The van der Waals surface area contributed by atoms with Crippen molar-refractivity contribution in [2.75, 3.05) is 13.1 Å². The van der Waals surface area contributed by atoms with Crippen LogP contribution in [-0.4, -0.2) is 33.8 Å². The van der Waals surface area contributed by atoms with Gasteiger partial charge in [0.1, 0.15) is 12.7 Å². The Kier molecular flexibility index (Phi) is 6.24. The first-order chi connectivity index (χ1) is 13.1. The molecule has 0 fully saturated rings. The number of hydrogen-bond acceptors (Lipinski definition) is 4. The Labute approximate surface area is 164 Å². The van der Waals surface area contributed by atoms with Crippen LogP contribution in [0, 0.1) is 0 Å². The molecule has 0 amide bonds. The minimum absolute atomic E-state index is 0.0593. The van der Waals surface area contributed by atoms with E-state index in [0.717, 1.165) is 30.3 Å². The summed E-state index contributed by atoms with van der Waals surface area (Å²) < 4.78 is 1.74. The molecule has 0 bridgehead atoms. The molecule has 0 atom stereocenters. The van der Waals surface area contributed by atoms with Gasteiger partial charge in [-0.2, -0.15) is 5.10 Å². The molecule has 1 aromatic carbocycles. The molecule has 7 heteroatoms. The first-order valence-corrected chi connectivity index (χ1v) is 9.96. The summed E-state index contributed by atoms with van der Waals surface area (Å²) in [6.07, 6.45) is 3.22. The number of nitrogens with zero attached hydrogens (tertiary/aromatic N) is 4. The summed E-state index contributed by atoms with van der Waals surface area (Å²) >= 11 is 1.79. The van der Waals surface area contributed by atoms with Crippen LogP contribution >= 0.6 is 11.3 Å². The highest BCUT2D eigenvalue weighted by atomic mass is 32.1. The molecule has 0 spiro atoms. The summed E-state index contributed by atoms with van der Waals surface area (Å²) in [5.74, 6) is 0.836. The lowest BCUT2D eigenvalue weighted by molar-refractivity contribution is 0.518. The van der Waals surface area contributed by atoms with Gasteiger partial charge < -0.3 is 10.6 Å². The quantitative estimate of drug-likeness (QED) is 0.486. The number of aromatic nitrogens is 3. The predicted octanol–water partition coefficient (Wildman–Crippen LogP) is 3.36. The molecule has 3 aromatic rings. The monoisotopic (exact) mass is 382 g/mol. The topological polar surface area (TPSA) is 67.1 Å². The van der Waals surface area contributed by atoms with Gasteiger partial charge in [-0.3, -0.25) is 0 Å². The molecule has 0 radical (unpaired) electrons. The van der Waals surface area contributed by atoms with Crippen molar-refractivity contribution in [2.24, 2.45) is 4.99 Å². The summed E-state index contributed by atoms with van der Waals surface area (Å²) in [4.78, 5) is 10.1. The summed E-state index contributed by atoms with van der Waals surface area (Å²) in [6, 6.07) is 12.5. The third-order valence-corrected chi connectivity index (χ3v) is 5.51. The normalized spacial score (nSPS) is 12.2. The summed E-state index contributed by atoms with van der Waals surface area (Å²) in [6.45, 7) is 8.85. The third-order valence-electron chi connectivity index (χ3n) is 4.27. The average Bonchev–Trinajstić information content (AvgIpc) is 3.39. The highest BCUT2D eigenvalue weighted by molar-refractivity contribution is 7.10. The first kappa shape index (κ1) is 19.1. The Morgan fingerprint density at radius 2 is 2.00 bits per heavy atom. The second-order valence-corrected chi connectivity index (χ2v) is 7.86. The SMILES string of the molecule is CCNC(=NCc1ccc(-n2cncn2)cc1)NCC(C)(C)c1cccs1. The van der Waals surface area contributed by atoms with Crippen molar-refractivity contribution < 1.29 is 0 Å². The minimum atomic E-state index is 0.0593. The molecule has 0 saturated heterocycles. The highest BCUT2D eigenvalue weighted by Crippen LogP contribution is 2.26. The molecule has 6 nitrogen and oxygen atoms in total. The lowest BCUT2D eigenvalue weighted by atomic mass is 9.91. The fraction of sp³-hybridized carbons (Fsp3) is 0.350. The zero-order valence-electron chi connectivity index (χ0n) is 16.0. The lowest BCUT2D eigenvalue weighted by Crippen LogP contribution is -2.43. The Morgan fingerprint density at radius 3 is 2.63 bits per heavy atom. The molecule has 27 heavy (non-hydrogen) atoms. The summed E-state index contributed by atoms with van der Waals surface area (Å²) in [7, 11) is 0. The van der Waals surface area contributed by atoms with Gasteiger partial charge in [-0.1, -0.05) is 32.0 Å². The zero-order chi connectivity index (χ0) is 19.1. The molecule has 0 unspecified atom stereocenters. The maximum Gasteiger partial charge on any atom is 0.191 e. The van der Waals surface area contributed by atoms with Crippen molar-refractivity contribution in [3.05, 3.63) is 64.9 Å². The van der Waals surface area contributed by atoms with Crippen LogP contribution < -0.4 is 10.6 Å². The van der Waals surface area contributed by atoms with Crippen molar-refractivity contribution >= 4 is 17.3 Å². The van der Waals surface area contributed by atoms with E-state index in [9.17, 15) is 0 Å². The number of rotatable bonds is 7. The van der Waals surface area contributed by atoms with Gasteiger partial charge in [-0.25, -0.2) is 14.7 Å². The van der Waals surface area contributed by atoms with E-state index in [1.54, 1.807) is 22.3 Å². The first-order valence-electron chi connectivity index (χ1n) is 9.08. The number of guanidine groups is 1. The smallest absolute Gasteiger partial charge is 0.191 e. The molecular weight excluding hydrogens is 356 g/mol. The number of nitrogens with one attached hydrogen (secondary N) is 2. The van der Waals surface area contributed by atoms with Crippen LogP contribution in [0.4, 0.5) is 0 Å². The van der Waals surface area contributed by atoms with Crippen molar-refractivity contribution in [2.45, 2.75) is 32.7 Å². The molecule has 2 aromatic heterocycles. The largest absolute Gasteiger partial charge is 0.357 e. The number of aliphatic imine (C=N–C) groups is 1. The van der Waals surface area contributed by atoms with Crippen LogP contribution in [-0.2, 0) is 12.0 Å². The number of benzene rings is 1. The Hall–Kier alpha value is -2.67. The molecule has 0 aliphatic heterocycles. The van der Waals surface area contributed by atoms with Gasteiger partial charge in [0.25, 0.3) is 0 Å². The van der Waals surface area contributed by atoms with E-state index in [-0.39, 0.29) is 5.41 Å². The lowest BCUT2D eigenvalue weighted by Gasteiger charge is -2.25. The fourth-order valence-corrected chi connectivity index (χ4v) is 3.52. The van der Waals surface area contributed by atoms with Crippen LogP contribution in [0.2, 0.25) is 0 Å². The van der Waals surface area contributed by atoms with Crippen molar-refractivity contribution in [3.63, 3.8) is 0 Å². The molecule has 2 N–H and O–H groups in total. The Balaban J connectivity index is 1.61. The van der Waals surface area contributed by atoms with E-state index in [2.05, 4.69) is 71.1 Å². The average molecular weight is 383 g/mol. The van der Waals surface area contributed by atoms with E-state index in [1.165, 1.54) is 11.2 Å². The second kappa shape index (κ2) is 8.81. The van der Waals surface area contributed by atoms with Gasteiger partial charge in [0.2, 0.25) is 0 Å². The standard InChI is InChI=1S/C20H26N6S/c1-4-22-19(24-13-20(2,3)18-6-5-11-27-18)23-12-16-7-9-17(10-8-16)26-15-21-14-25-26/h5-11,14-15H,4,12-13H2,1-3H3,(H2,22,23,24). The number of thiophene rings is 1. The van der Waals surface area contributed by atoms with Gasteiger partial charge in [-0.05, 0) is 36.1 Å². The van der Waals surface area contributed by atoms with Gasteiger partial charge in [-0.15, -0.1) is 11.3 Å². The predicted molar refractivity (Wildman–Crippen MR) is 112 cm³/mol. The van der Waals surface area contributed by atoms with Crippen LogP contribution in [0.3, 0.4) is 0 Å². The maximum absolute atomic E-state index is 4.72. The van der Waals surface area contributed by atoms with E-state index in [1.807, 2.05) is 12.1 Å². The van der Waals surface area contributed by atoms with E-state index in [4.69, 9.17) is 4.99 Å². The van der Waals surface area contributed by atoms with Gasteiger partial charge in [0.15, 0.2) is 5.96 Å². The Bertz CT molecular complexity index is 835. The van der Waals surface area contributed by atoms with Crippen LogP contribution in [0.15, 0.2) is 59.4 Å². The fourth-order valence-electron chi connectivity index (χ4n) is 2.66. The van der Waals surface area contributed by atoms with Gasteiger partial charge in [0, 0.05) is 23.4 Å². The van der Waals surface area contributed by atoms with Crippen molar-refractivity contribution in [1.82, 2.24) is 25.4 Å². The Morgan fingerprint density at radius 1 is 1.19 bits per heavy atom. The minimum Gasteiger partial charge on any atom is -0.357 e. The molecule has 0 aliphatic rings. The molecule has 3 rings (SSSR count). The molecule has 0 saturated carbocycles. The van der Waals surface area contributed by atoms with E-state index in [0.29, 0.717) is 6.54 Å². The van der Waals surface area contributed by atoms with Crippen LogP contribution in [0.25, 0.3) is 5.69 Å². The molecule has 0 aliphatic carbocycles. The van der Waals surface area contributed by atoms with Crippen molar-refractivity contribution in [1.29, 1.82) is 0 Å². The third kappa shape index (κ3) is 5.17. The zero-order valence-corrected chi connectivity index (χ0v) is 16.8. The molecule has 2 heterocycles. The van der Waals surface area contributed by atoms with E-state index >= 15 is 0 Å². The molecule has 142 valence electrons.